The summed E-state index contributed by atoms with van der Waals surface area (Å²) in [6, 6.07) is 9.89. The van der Waals surface area contributed by atoms with Crippen LogP contribution < -0.4 is 75.5 Å². The Kier molecular flexibility index (Phi) is 9.83. The number of benzene rings is 2. The fourth-order valence-corrected chi connectivity index (χ4v) is 3.11. The van der Waals surface area contributed by atoms with Gasteiger partial charge in [0, 0.05) is 11.4 Å². The van der Waals surface area contributed by atoms with Crippen LogP contribution in [0, 0.1) is 0 Å². The fourth-order valence-electron chi connectivity index (χ4n) is 2.17. The second kappa shape index (κ2) is 11.0. The van der Waals surface area contributed by atoms with Gasteiger partial charge >= 0.3 is 59.1 Å². The first kappa shape index (κ1) is 27.7. The van der Waals surface area contributed by atoms with Crippen LogP contribution >= 0.6 is 0 Å². The van der Waals surface area contributed by atoms with Crippen LogP contribution in [0.3, 0.4) is 0 Å². The van der Waals surface area contributed by atoms with Crippen LogP contribution in [0.25, 0.3) is 0 Å². The van der Waals surface area contributed by atoms with Gasteiger partial charge in [0.05, 0.1) is 9.79 Å². The predicted molar refractivity (Wildman–Crippen MR) is 99.6 cm³/mol. The molecule has 2 aromatic carbocycles. The van der Waals surface area contributed by atoms with Gasteiger partial charge in [-0.05, 0) is 48.5 Å². The molecule has 3 aromatic rings. The van der Waals surface area contributed by atoms with Gasteiger partial charge in [-0.15, -0.1) is 0 Å². The number of nitrogens with one attached hydrogen (secondary N) is 2. The van der Waals surface area contributed by atoms with Crippen molar-refractivity contribution >= 4 is 49.5 Å². The summed E-state index contributed by atoms with van der Waals surface area (Å²) in [5.74, 6) is -0.0875. The molecule has 0 unspecified atom stereocenters. The van der Waals surface area contributed by atoms with E-state index in [0.29, 0.717) is 11.4 Å². The van der Waals surface area contributed by atoms with E-state index >= 15 is 0 Å². The van der Waals surface area contributed by atoms with Crippen molar-refractivity contribution in [2.45, 2.75) is 9.79 Å². The van der Waals surface area contributed by atoms with Crippen LogP contribution in [-0.2, 0) is 20.2 Å². The summed E-state index contributed by atoms with van der Waals surface area (Å²) in [5, 5.41) is 5.56. The molecule has 1 aromatic heterocycles. The van der Waals surface area contributed by atoms with Crippen molar-refractivity contribution in [3.63, 3.8) is 0 Å². The van der Waals surface area contributed by atoms with E-state index in [-0.39, 0.29) is 86.8 Å². The molecule has 31 heavy (non-hydrogen) atoms. The molecule has 0 spiro atoms. The summed E-state index contributed by atoms with van der Waals surface area (Å²) >= 11 is 0. The van der Waals surface area contributed by atoms with Crippen molar-refractivity contribution < 1.29 is 85.1 Å². The summed E-state index contributed by atoms with van der Waals surface area (Å²) in [5.41, 5.74) is 6.42. The number of nitrogens with zero attached hydrogens (tertiary/aromatic N) is 3. The third-order valence-electron chi connectivity index (χ3n) is 3.45. The van der Waals surface area contributed by atoms with Crippen LogP contribution in [0.2, 0.25) is 0 Å². The SMILES string of the molecule is Nc1nc(Nc2ccc(S(=O)(=O)[O-])cc2)nc(Nc2ccc(S(=O)(=O)[O-])cc2)n1.[Na+].[Na+]. The number of nitrogens with two attached hydrogens (primary N) is 1. The normalized spacial score (nSPS) is 11.0. The maximum absolute atomic E-state index is 11.0. The Labute approximate surface area is 222 Å². The molecule has 16 heteroatoms. The van der Waals surface area contributed by atoms with Gasteiger partial charge in [0.1, 0.15) is 20.2 Å². The second-order valence-corrected chi connectivity index (χ2v) is 8.31. The Morgan fingerprint density at radius 3 is 1.26 bits per heavy atom. The van der Waals surface area contributed by atoms with Crippen LogP contribution in [0.4, 0.5) is 29.2 Å². The number of anilines is 5. The van der Waals surface area contributed by atoms with Crippen molar-refractivity contribution in [3.05, 3.63) is 48.5 Å². The van der Waals surface area contributed by atoms with Crippen molar-refractivity contribution in [2.75, 3.05) is 16.4 Å². The minimum atomic E-state index is -4.56. The molecular weight excluding hydrogens is 470 g/mol. The predicted octanol–water partition coefficient (Wildman–Crippen LogP) is -5.24. The topological polar surface area (TPSA) is 203 Å². The average molecular weight is 482 g/mol. The van der Waals surface area contributed by atoms with E-state index in [1.165, 1.54) is 24.3 Å². The smallest absolute Gasteiger partial charge is 0.744 e. The van der Waals surface area contributed by atoms with E-state index in [2.05, 4.69) is 25.6 Å². The van der Waals surface area contributed by atoms with E-state index in [1.807, 2.05) is 0 Å². The van der Waals surface area contributed by atoms with E-state index < -0.39 is 20.2 Å². The second-order valence-electron chi connectivity index (χ2n) is 5.55. The number of hydrogen-bond donors (Lipinski definition) is 3. The number of nitrogen functional groups attached to an aromatic ring is 1. The molecule has 0 radical (unpaired) electrons. The van der Waals surface area contributed by atoms with Gasteiger partial charge in [0.15, 0.2) is 0 Å². The van der Waals surface area contributed by atoms with E-state index in [9.17, 15) is 25.9 Å². The molecule has 0 aliphatic heterocycles. The summed E-state index contributed by atoms with van der Waals surface area (Å²) in [6.45, 7) is 0. The molecule has 1 heterocycles. The minimum Gasteiger partial charge on any atom is -0.744 e. The van der Waals surface area contributed by atoms with Gasteiger partial charge < -0.3 is 25.5 Å². The zero-order valence-electron chi connectivity index (χ0n) is 16.3. The van der Waals surface area contributed by atoms with Crippen LogP contribution in [-0.4, -0.2) is 40.9 Å². The van der Waals surface area contributed by atoms with Crippen molar-refractivity contribution in [1.82, 2.24) is 15.0 Å². The zero-order chi connectivity index (χ0) is 21.2. The van der Waals surface area contributed by atoms with E-state index in [1.54, 1.807) is 0 Å². The largest absolute Gasteiger partial charge is 1.00 e. The Morgan fingerprint density at radius 1 is 0.645 bits per heavy atom. The first-order valence-corrected chi connectivity index (χ1v) is 10.5. The van der Waals surface area contributed by atoms with Gasteiger partial charge in [-0.2, -0.15) is 15.0 Å². The van der Waals surface area contributed by atoms with Gasteiger partial charge in [0.25, 0.3) is 0 Å². The van der Waals surface area contributed by atoms with Gasteiger partial charge in [-0.1, -0.05) is 0 Å². The van der Waals surface area contributed by atoms with Gasteiger partial charge in [-0.3, -0.25) is 0 Å². The molecule has 0 fully saturated rings. The Bertz CT molecular complexity index is 1160. The Hall–Kier alpha value is -1.33. The molecule has 0 amide bonds. The molecule has 0 aliphatic rings. The Balaban J connectivity index is 0.00000240. The summed E-state index contributed by atoms with van der Waals surface area (Å²) in [6.07, 6.45) is 0. The Morgan fingerprint density at radius 2 is 0.968 bits per heavy atom. The quantitative estimate of drug-likeness (QED) is 0.223. The first-order chi connectivity index (χ1) is 13.5. The maximum atomic E-state index is 11.0. The molecule has 152 valence electrons. The van der Waals surface area contributed by atoms with Crippen LogP contribution in [0.15, 0.2) is 58.3 Å². The summed E-state index contributed by atoms with van der Waals surface area (Å²) in [7, 11) is -9.12. The summed E-state index contributed by atoms with van der Waals surface area (Å²) in [4.78, 5) is 11.1. The fraction of sp³-hybridized carbons (Fsp3) is 0. The van der Waals surface area contributed by atoms with Crippen molar-refractivity contribution in [2.24, 2.45) is 0 Å². The molecule has 0 aliphatic carbocycles. The van der Waals surface area contributed by atoms with Crippen molar-refractivity contribution in [3.8, 4) is 0 Å². The van der Waals surface area contributed by atoms with Crippen molar-refractivity contribution in [1.29, 1.82) is 0 Å². The third kappa shape index (κ3) is 7.94. The minimum absolute atomic E-state index is 0. The number of hydrogen-bond acceptors (Lipinski definition) is 12. The maximum Gasteiger partial charge on any atom is 1.00 e. The van der Waals surface area contributed by atoms with Crippen LogP contribution in [0.1, 0.15) is 0 Å². The molecule has 0 bridgehead atoms. The van der Waals surface area contributed by atoms with Crippen LogP contribution in [0.5, 0.6) is 0 Å². The third-order valence-corrected chi connectivity index (χ3v) is 5.15. The zero-order valence-corrected chi connectivity index (χ0v) is 21.9. The molecule has 12 nitrogen and oxygen atoms in total. The average Bonchev–Trinajstić information content (AvgIpc) is 2.60. The molecule has 4 N–H and O–H groups in total. The number of aromatic nitrogens is 3. The summed E-state index contributed by atoms with van der Waals surface area (Å²) < 4.78 is 65.7. The molecule has 3 rings (SSSR count). The molecule has 0 saturated carbocycles. The van der Waals surface area contributed by atoms with E-state index in [4.69, 9.17) is 5.73 Å². The monoisotopic (exact) mass is 482 g/mol. The molecule has 0 saturated heterocycles. The molecule has 0 atom stereocenters. The van der Waals surface area contributed by atoms with E-state index in [0.717, 1.165) is 24.3 Å². The first-order valence-electron chi connectivity index (χ1n) is 7.68. The molecular formula is C15H12N6Na2O6S2. The van der Waals surface area contributed by atoms with Gasteiger partial charge in [0.2, 0.25) is 17.8 Å². The van der Waals surface area contributed by atoms with Gasteiger partial charge in [-0.25, -0.2) is 16.8 Å². The number of rotatable bonds is 6. The standard InChI is InChI=1S/C15H14N6O6S2.2Na/c16-13-19-14(17-9-1-5-11(6-2-9)28(22,23)24)21-15(20-13)18-10-3-7-12(8-4-10)29(25,26)27;;/h1-8H,(H,22,23,24)(H,25,26,27)(H4,16,17,18,19,20,21);;/q;2*+1/p-2.